The first-order valence-corrected chi connectivity index (χ1v) is 21.1. The van der Waals surface area contributed by atoms with E-state index in [0.717, 1.165) is 97.8 Å². The average Bonchev–Trinajstić information content (AvgIpc) is 3.33. The number of hydrogen-bond donors (Lipinski definition) is 1. The number of aromatic nitrogens is 2. The summed E-state index contributed by atoms with van der Waals surface area (Å²) >= 11 is 0. The van der Waals surface area contributed by atoms with E-state index < -0.39 is 0 Å². The number of fused-ring (bicyclic) bond motifs is 3. The summed E-state index contributed by atoms with van der Waals surface area (Å²) in [7, 11) is 0. The van der Waals surface area contributed by atoms with Gasteiger partial charge in [-0.1, -0.05) is 81.0 Å². The summed E-state index contributed by atoms with van der Waals surface area (Å²) in [5.74, 6) is -0.163. The molecule has 2 atom stereocenters. The molecule has 2 aromatic heterocycles. The lowest BCUT2D eigenvalue weighted by Crippen LogP contribution is -2.32. The summed E-state index contributed by atoms with van der Waals surface area (Å²) in [6.45, 7) is 14.9. The van der Waals surface area contributed by atoms with Gasteiger partial charge in [0.2, 0.25) is 0 Å². The molecule has 0 spiro atoms. The molecule has 2 unspecified atom stereocenters. The molecular weight excluding hydrogens is 715 g/mol. The van der Waals surface area contributed by atoms with Crippen LogP contribution in [0.3, 0.4) is 0 Å². The Morgan fingerprint density at radius 1 is 0.862 bits per heavy atom. The fourth-order valence-corrected chi connectivity index (χ4v) is 8.92. The molecule has 8 nitrogen and oxygen atoms in total. The van der Waals surface area contributed by atoms with E-state index in [0.29, 0.717) is 44.0 Å². The molecule has 8 heteroatoms. The van der Waals surface area contributed by atoms with Gasteiger partial charge in [-0.25, -0.2) is 9.97 Å². The molecule has 2 aliphatic carbocycles. The number of unbranched alkanes of at least 4 members (excludes halogenated alkanes) is 1. The van der Waals surface area contributed by atoms with Crippen molar-refractivity contribution in [2.24, 2.45) is 9.98 Å². The number of hydrogen-bond acceptors (Lipinski definition) is 7. The van der Waals surface area contributed by atoms with Gasteiger partial charge in [0, 0.05) is 68.4 Å². The molecule has 0 fully saturated rings. The number of rotatable bonds is 7. The Labute approximate surface area is 344 Å². The van der Waals surface area contributed by atoms with Crippen LogP contribution in [0.25, 0.3) is 11.4 Å². The van der Waals surface area contributed by atoms with E-state index in [-0.39, 0.29) is 5.91 Å². The molecule has 0 saturated heterocycles. The van der Waals surface area contributed by atoms with E-state index in [9.17, 15) is 4.79 Å². The van der Waals surface area contributed by atoms with Gasteiger partial charge in [-0.3, -0.25) is 24.6 Å². The molecule has 5 aliphatic heterocycles. The van der Waals surface area contributed by atoms with Crippen molar-refractivity contribution in [3.8, 4) is 11.4 Å². The Hall–Kier alpha value is -5.57. The number of allylic oxidation sites excluding steroid dienone is 11. The summed E-state index contributed by atoms with van der Waals surface area (Å²) in [4.78, 5) is 40.2. The molecule has 7 heterocycles. The van der Waals surface area contributed by atoms with Crippen LogP contribution in [-0.2, 0) is 13.1 Å². The highest BCUT2D eigenvalue weighted by atomic mass is 16.1. The minimum absolute atomic E-state index is 0.163. The lowest BCUT2D eigenvalue weighted by atomic mass is 9.86. The third-order valence-electron chi connectivity index (χ3n) is 11.5. The maximum atomic E-state index is 13.5. The number of amides is 1. The summed E-state index contributed by atoms with van der Waals surface area (Å²) in [6, 6.07) is 9.95. The van der Waals surface area contributed by atoms with Crippen molar-refractivity contribution in [2.45, 2.75) is 78.8 Å². The van der Waals surface area contributed by atoms with Crippen LogP contribution in [0.5, 0.6) is 0 Å². The molecule has 0 saturated carbocycles. The van der Waals surface area contributed by atoms with Crippen molar-refractivity contribution in [1.82, 2.24) is 25.1 Å². The molecule has 1 amide bonds. The molecule has 14 bridgehead atoms. The standard InChI is InChI=1S/C50H55N7O/c1-5-8-16-36-17-9-14-35-15-10-24-46-48-42(7-3)43(36)21-11-18-37-30-57(32-40-19-12-22-44(37)49(48)55-40)31-39-20-13-23-45(53-39)47-27-38(50(58)51-25-6-2)26-41(54-47)33-56(29-35)28-34(4)52-46/h6,9-11,13-15,17-18,20-21,23-24,26-27H,2,5,7-8,12,16,19,22,25,28-33H2,1,3-4H3,(H,51,58). The first-order valence-electron chi connectivity index (χ1n) is 21.1. The van der Waals surface area contributed by atoms with Crippen LogP contribution in [0, 0.1) is 0 Å². The van der Waals surface area contributed by atoms with Crippen molar-refractivity contribution in [1.29, 1.82) is 0 Å². The Morgan fingerprint density at radius 2 is 1.69 bits per heavy atom. The van der Waals surface area contributed by atoms with Gasteiger partial charge in [0.15, 0.2) is 0 Å². The van der Waals surface area contributed by atoms with Gasteiger partial charge in [0.25, 0.3) is 5.91 Å². The predicted molar refractivity (Wildman–Crippen MR) is 238 cm³/mol. The Bertz CT molecular complexity index is 2350. The predicted octanol–water partition coefficient (Wildman–Crippen LogP) is 9.67. The third kappa shape index (κ3) is 8.79. The second-order valence-electron chi connectivity index (χ2n) is 16.1. The fourth-order valence-electron chi connectivity index (χ4n) is 8.92. The number of nitrogens with zero attached hydrogens (tertiary/aromatic N) is 6. The second kappa shape index (κ2) is 17.9. The smallest absolute Gasteiger partial charge is 0.251 e. The van der Waals surface area contributed by atoms with Gasteiger partial charge in [0.05, 0.1) is 34.2 Å². The zero-order valence-corrected chi connectivity index (χ0v) is 34.4. The van der Waals surface area contributed by atoms with Crippen LogP contribution in [0.2, 0.25) is 0 Å². The van der Waals surface area contributed by atoms with Crippen molar-refractivity contribution in [2.75, 3.05) is 32.7 Å². The SMILES string of the molecule is C=CCNC(=O)c1cc2nc(c1)-c1cccc(n1)CN1CC3=CC=CC4=C(CCCC)C=CC=C5C=CC=C(N=C(C)CN(C5)C2)C(=C4CC)C2=C3CCCC(=N2)C1. The third-order valence-corrected chi connectivity index (χ3v) is 11.5. The van der Waals surface area contributed by atoms with Gasteiger partial charge in [0.1, 0.15) is 0 Å². The minimum atomic E-state index is -0.163. The molecule has 58 heavy (non-hydrogen) atoms. The lowest BCUT2D eigenvalue weighted by molar-refractivity contribution is 0.0957. The Kier molecular flexibility index (Phi) is 12.1. The fraction of sp³-hybridized carbons (Fsp3) is 0.340. The van der Waals surface area contributed by atoms with Crippen LogP contribution < -0.4 is 5.32 Å². The number of pyridine rings is 2. The van der Waals surface area contributed by atoms with E-state index in [1.54, 1.807) is 6.08 Å². The maximum absolute atomic E-state index is 13.5. The number of carbonyl (C=O) groups excluding carboxylic acids is 1. The van der Waals surface area contributed by atoms with Crippen LogP contribution >= 0.6 is 0 Å². The first kappa shape index (κ1) is 39.3. The molecule has 296 valence electrons. The first-order chi connectivity index (χ1) is 28.4. The molecular formula is C50H55N7O. The van der Waals surface area contributed by atoms with E-state index in [1.807, 2.05) is 18.2 Å². The van der Waals surface area contributed by atoms with Crippen molar-refractivity contribution >= 4 is 17.3 Å². The van der Waals surface area contributed by atoms with E-state index in [1.165, 1.54) is 39.2 Å². The molecule has 1 N–H and O–H groups in total. The maximum Gasteiger partial charge on any atom is 0.251 e. The van der Waals surface area contributed by atoms with Gasteiger partial charge < -0.3 is 5.32 Å². The van der Waals surface area contributed by atoms with E-state index in [4.69, 9.17) is 20.0 Å². The van der Waals surface area contributed by atoms with Crippen molar-refractivity contribution in [3.05, 3.63) is 165 Å². The Balaban J connectivity index is 1.43. The Morgan fingerprint density at radius 3 is 2.55 bits per heavy atom. The number of carbonyl (C=O) groups is 1. The number of nitrogens with one attached hydrogen (secondary N) is 1. The highest BCUT2D eigenvalue weighted by molar-refractivity contribution is 5.95. The van der Waals surface area contributed by atoms with E-state index in [2.05, 4.69) is 109 Å². The summed E-state index contributed by atoms with van der Waals surface area (Å²) in [6.07, 6.45) is 29.2. The van der Waals surface area contributed by atoms with Gasteiger partial charge >= 0.3 is 0 Å². The quantitative estimate of drug-likeness (QED) is 0.284. The van der Waals surface area contributed by atoms with Crippen molar-refractivity contribution < 1.29 is 4.79 Å². The van der Waals surface area contributed by atoms with Crippen LogP contribution in [0.15, 0.2) is 158 Å². The molecule has 9 rings (SSSR count). The molecule has 2 aromatic rings. The monoisotopic (exact) mass is 769 g/mol. The van der Waals surface area contributed by atoms with Crippen LogP contribution in [-0.4, -0.2) is 69.8 Å². The average molecular weight is 770 g/mol. The zero-order valence-electron chi connectivity index (χ0n) is 34.4. The second-order valence-corrected chi connectivity index (χ2v) is 16.1. The van der Waals surface area contributed by atoms with Gasteiger partial charge in [-0.2, -0.15) is 0 Å². The zero-order chi connectivity index (χ0) is 40.0. The summed E-state index contributed by atoms with van der Waals surface area (Å²) < 4.78 is 0. The molecule has 0 radical (unpaired) electrons. The summed E-state index contributed by atoms with van der Waals surface area (Å²) in [5, 5.41) is 2.98. The van der Waals surface area contributed by atoms with Gasteiger partial charge in [-0.15, -0.1) is 6.58 Å². The minimum Gasteiger partial charge on any atom is -0.349 e. The summed E-state index contributed by atoms with van der Waals surface area (Å²) in [5.41, 5.74) is 16.8. The highest BCUT2D eigenvalue weighted by Crippen LogP contribution is 2.42. The molecule has 0 aromatic carbocycles. The normalized spacial score (nSPS) is 21.7. The highest BCUT2D eigenvalue weighted by Gasteiger charge is 2.30. The van der Waals surface area contributed by atoms with Crippen molar-refractivity contribution in [3.63, 3.8) is 0 Å². The van der Waals surface area contributed by atoms with Gasteiger partial charge in [-0.05, 0) is 109 Å². The van der Waals surface area contributed by atoms with Crippen LogP contribution in [0.4, 0.5) is 0 Å². The molecule has 7 aliphatic rings. The topological polar surface area (TPSA) is 86.1 Å². The lowest BCUT2D eigenvalue weighted by Gasteiger charge is -2.28. The largest absolute Gasteiger partial charge is 0.349 e. The van der Waals surface area contributed by atoms with Crippen LogP contribution in [0.1, 0.15) is 87.5 Å². The van der Waals surface area contributed by atoms with E-state index >= 15 is 0 Å². The number of aliphatic imine (C=N–C) groups is 2.